The van der Waals surface area contributed by atoms with E-state index in [0.717, 1.165) is 28.8 Å². The molecule has 1 unspecified atom stereocenters. The van der Waals surface area contributed by atoms with Crippen LogP contribution in [0.25, 0.3) is 0 Å². The Labute approximate surface area is 115 Å². The van der Waals surface area contributed by atoms with Crippen LogP contribution in [0.1, 0.15) is 17.4 Å². The van der Waals surface area contributed by atoms with Gasteiger partial charge in [-0.25, -0.2) is 0 Å². The average Bonchev–Trinajstić information content (AvgIpc) is 2.87. The first kappa shape index (κ1) is 13.3. The maximum Gasteiger partial charge on any atom is 0.105 e. The maximum absolute atomic E-state index is 10.00. The Hall–Kier alpha value is -1.10. The standard InChI is InChI=1S/C14H16BrNO2/c15-12-4-1-3-11(9-12)14(17)10-16-7-6-13-5-2-8-18-13/h1-5,8-9,14,16-17H,6-7,10H2. The molecule has 96 valence electrons. The molecule has 3 nitrogen and oxygen atoms in total. The monoisotopic (exact) mass is 309 g/mol. The van der Waals surface area contributed by atoms with E-state index in [4.69, 9.17) is 4.42 Å². The highest BCUT2D eigenvalue weighted by Crippen LogP contribution is 2.17. The van der Waals surface area contributed by atoms with Crippen molar-refractivity contribution < 1.29 is 9.52 Å². The first-order chi connectivity index (χ1) is 8.75. The highest BCUT2D eigenvalue weighted by Gasteiger charge is 2.07. The van der Waals surface area contributed by atoms with E-state index in [-0.39, 0.29) is 0 Å². The number of halogens is 1. The zero-order valence-corrected chi connectivity index (χ0v) is 11.6. The predicted octanol–water partition coefficient (Wildman–Crippen LogP) is 2.91. The van der Waals surface area contributed by atoms with E-state index in [1.54, 1.807) is 6.26 Å². The number of hydrogen-bond acceptors (Lipinski definition) is 3. The van der Waals surface area contributed by atoms with Crippen LogP contribution < -0.4 is 5.32 Å². The second kappa shape index (κ2) is 6.73. The van der Waals surface area contributed by atoms with Gasteiger partial charge in [0.15, 0.2) is 0 Å². The van der Waals surface area contributed by atoms with Crippen LogP contribution in [0.3, 0.4) is 0 Å². The summed E-state index contributed by atoms with van der Waals surface area (Å²) in [5.41, 5.74) is 0.912. The Bertz CT molecular complexity index is 470. The molecule has 2 rings (SSSR count). The van der Waals surface area contributed by atoms with E-state index in [9.17, 15) is 5.11 Å². The number of benzene rings is 1. The fourth-order valence-corrected chi connectivity index (χ4v) is 2.15. The molecule has 1 atom stereocenters. The highest BCUT2D eigenvalue weighted by molar-refractivity contribution is 9.10. The lowest BCUT2D eigenvalue weighted by Crippen LogP contribution is -2.23. The molecule has 0 bridgehead atoms. The molecule has 1 aromatic carbocycles. The van der Waals surface area contributed by atoms with Gasteiger partial charge in [-0.3, -0.25) is 0 Å². The van der Waals surface area contributed by atoms with Crippen molar-refractivity contribution in [2.75, 3.05) is 13.1 Å². The fraction of sp³-hybridized carbons (Fsp3) is 0.286. The van der Waals surface area contributed by atoms with Crippen molar-refractivity contribution >= 4 is 15.9 Å². The fourth-order valence-electron chi connectivity index (χ4n) is 1.74. The first-order valence-electron chi connectivity index (χ1n) is 5.92. The summed E-state index contributed by atoms with van der Waals surface area (Å²) in [7, 11) is 0. The molecule has 0 aliphatic carbocycles. The third-order valence-electron chi connectivity index (χ3n) is 2.70. The zero-order chi connectivity index (χ0) is 12.8. The largest absolute Gasteiger partial charge is 0.469 e. The number of rotatable bonds is 6. The van der Waals surface area contributed by atoms with Crippen molar-refractivity contribution in [1.29, 1.82) is 0 Å². The topological polar surface area (TPSA) is 45.4 Å². The lowest BCUT2D eigenvalue weighted by Gasteiger charge is -2.12. The van der Waals surface area contributed by atoms with E-state index in [0.29, 0.717) is 6.54 Å². The van der Waals surface area contributed by atoms with Crippen LogP contribution in [-0.2, 0) is 6.42 Å². The van der Waals surface area contributed by atoms with Crippen LogP contribution in [0, 0.1) is 0 Å². The Kier molecular flexibility index (Phi) is 4.99. The minimum absolute atomic E-state index is 0.487. The molecule has 4 heteroatoms. The van der Waals surface area contributed by atoms with Crippen molar-refractivity contribution in [3.05, 3.63) is 58.5 Å². The molecular weight excluding hydrogens is 294 g/mol. The summed E-state index contributed by atoms with van der Waals surface area (Å²) < 4.78 is 6.21. The van der Waals surface area contributed by atoms with Gasteiger partial charge in [0, 0.05) is 24.0 Å². The van der Waals surface area contributed by atoms with E-state index < -0.39 is 6.10 Å². The van der Waals surface area contributed by atoms with Gasteiger partial charge in [0.2, 0.25) is 0 Å². The van der Waals surface area contributed by atoms with Crippen molar-refractivity contribution in [2.24, 2.45) is 0 Å². The smallest absolute Gasteiger partial charge is 0.105 e. The van der Waals surface area contributed by atoms with Crippen LogP contribution >= 0.6 is 15.9 Å². The molecule has 0 amide bonds. The van der Waals surface area contributed by atoms with Crippen LogP contribution in [0.15, 0.2) is 51.6 Å². The summed E-state index contributed by atoms with van der Waals surface area (Å²) in [5, 5.41) is 13.2. The molecule has 0 aliphatic heterocycles. The summed E-state index contributed by atoms with van der Waals surface area (Å²) in [5.74, 6) is 0.958. The molecule has 0 radical (unpaired) electrons. The third-order valence-corrected chi connectivity index (χ3v) is 3.19. The summed E-state index contributed by atoms with van der Waals surface area (Å²) in [6, 6.07) is 11.5. The third kappa shape index (κ3) is 3.98. The normalized spacial score (nSPS) is 12.6. The Morgan fingerprint density at radius 3 is 2.89 bits per heavy atom. The maximum atomic E-state index is 10.00. The number of hydrogen-bond donors (Lipinski definition) is 2. The summed E-state index contributed by atoms with van der Waals surface area (Å²) in [4.78, 5) is 0. The minimum Gasteiger partial charge on any atom is -0.469 e. The molecule has 1 aromatic heterocycles. The second-order valence-corrected chi connectivity index (χ2v) is 5.02. The van der Waals surface area contributed by atoms with Gasteiger partial charge in [-0.15, -0.1) is 0 Å². The highest BCUT2D eigenvalue weighted by atomic mass is 79.9. The van der Waals surface area contributed by atoms with Crippen LogP contribution in [0.4, 0.5) is 0 Å². The average molecular weight is 310 g/mol. The van der Waals surface area contributed by atoms with Gasteiger partial charge in [0.05, 0.1) is 12.4 Å². The number of furan rings is 1. The minimum atomic E-state index is -0.487. The van der Waals surface area contributed by atoms with Crippen LogP contribution in [0.5, 0.6) is 0 Å². The molecule has 1 heterocycles. The molecular formula is C14H16BrNO2. The number of aliphatic hydroxyl groups excluding tert-OH is 1. The SMILES string of the molecule is OC(CNCCc1ccco1)c1cccc(Br)c1. The lowest BCUT2D eigenvalue weighted by atomic mass is 10.1. The first-order valence-corrected chi connectivity index (χ1v) is 6.71. The molecule has 2 N–H and O–H groups in total. The molecule has 0 spiro atoms. The second-order valence-electron chi connectivity index (χ2n) is 4.10. The molecule has 0 saturated carbocycles. The van der Waals surface area contributed by atoms with Gasteiger partial charge in [-0.2, -0.15) is 0 Å². The number of aliphatic hydroxyl groups is 1. The van der Waals surface area contributed by atoms with Gasteiger partial charge in [0.1, 0.15) is 5.76 Å². The molecule has 0 aliphatic rings. The summed E-state index contributed by atoms with van der Waals surface area (Å²) in [6.07, 6.45) is 2.02. The van der Waals surface area contributed by atoms with Crippen LogP contribution in [0.2, 0.25) is 0 Å². The zero-order valence-electron chi connectivity index (χ0n) is 9.97. The Morgan fingerprint density at radius 2 is 2.17 bits per heavy atom. The van der Waals surface area contributed by atoms with Crippen molar-refractivity contribution in [3.8, 4) is 0 Å². The van der Waals surface area contributed by atoms with Crippen molar-refractivity contribution in [2.45, 2.75) is 12.5 Å². The van der Waals surface area contributed by atoms with E-state index >= 15 is 0 Å². The molecule has 0 saturated heterocycles. The number of nitrogens with one attached hydrogen (secondary N) is 1. The summed E-state index contributed by atoms with van der Waals surface area (Å²) in [6.45, 7) is 1.33. The quantitative estimate of drug-likeness (QED) is 0.807. The van der Waals surface area contributed by atoms with Crippen molar-refractivity contribution in [1.82, 2.24) is 5.32 Å². The summed E-state index contributed by atoms with van der Waals surface area (Å²) >= 11 is 3.39. The molecule has 0 fully saturated rings. The molecule has 18 heavy (non-hydrogen) atoms. The van der Waals surface area contributed by atoms with Gasteiger partial charge >= 0.3 is 0 Å². The van der Waals surface area contributed by atoms with Gasteiger partial charge in [-0.1, -0.05) is 28.1 Å². The van der Waals surface area contributed by atoms with E-state index in [1.807, 2.05) is 36.4 Å². The predicted molar refractivity (Wildman–Crippen MR) is 74.4 cm³/mol. The Morgan fingerprint density at radius 1 is 1.28 bits per heavy atom. The van der Waals surface area contributed by atoms with Gasteiger partial charge in [0.25, 0.3) is 0 Å². The Balaban J connectivity index is 1.73. The van der Waals surface area contributed by atoms with E-state index in [2.05, 4.69) is 21.2 Å². The van der Waals surface area contributed by atoms with E-state index in [1.165, 1.54) is 0 Å². The molecule has 2 aromatic rings. The lowest BCUT2D eigenvalue weighted by molar-refractivity contribution is 0.175. The van der Waals surface area contributed by atoms with Gasteiger partial charge in [-0.05, 0) is 29.8 Å². The van der Waals surface area contributed by atoms with Crippen LogP contribution in [-0.4, -0.2) is 18.2 Å². The van der Waals surface area contributed by atoms with Gasteiger partial charge < -0.3 is 14.8 Å². The van der Waals surface area contributed by atoms with Crippen molar-refractivity contribution in [3.63, 3.8) is 0 Å².